The summed E-state index contributed by atoms with van der Waals surface area (Å²) in [4.78, 5) is 18.0. The number of halogens is 1. The van der Waals surface area contributed by atoms with E-state index in [0.29, 0.717) is 16.3 Å². The van der Waals surface area contributed by atoms with Crippen molar-refractivity contribution in [1.82, 2.24) is 35.1 Å². The van der Waals surface area contributed by atoms with Crippen LogP contribution in [0.5, 0.6) is 0 Å². The summed E-state index contributed by atoms with van der Waals surface area (Å²) in [6.45, 7) is 4.10. The summed E-state index contributed by atoms with van der Waals surface area (Å²) in [5.41, 5.74) is 2.84. The molecule has 4 aromatic rings. The van der Waals surface area contributed by atoms with E-state index >= 15 is 0 Å². The number of para-hydroxylation sites is 2. The Kier molecular flexibility index (Phi) is 5.02. The van der Waals surface area contributed by atoms with E-state index in [0.717, 1.165) is 16.9 Å². The minimum Gasteiger partial charge on any atom is -0.342 e. The fraction of sp³-hybridized carbons (Fsp3) is 0.250. The highest BCUT2D eigenvalue weighted by molar-refractivity contribution is 6.31. The smallest absolute Gasteiger partial charge is 0.254 e. The number of imidazole rings is 1. The van der Waals surface area contributed by atoms with Crippen LogP contribution >= 0.6 is 11.6 Å². The third-order valence-corrected chi connectivity index (χ3v) is 5.09. The number of rotatable bonds is 5. The van der Waals surface area contributed by atoms with Gasteiger partial charge in [0.25, 0.3) is 5.91 Å². The van der Waals surface area contributed by atoms with Gasteiger partial charge in [-0.05, 0) is 46.7 Å². The molecule has 0 aliphatic carbocycles. The Balaban J connectivity index is 1.71. The van der Waals surface area contributed by atoms with Crippen LogP contribution in [-0.4, -0.2) is 35.7 Å². The summed E-state index contributed by atoms with van der Waals surface area (Å²) in [7, 11) is 1.96. The lowest BCUT2D eigenvalue weighted by molar-refractivity contribution is 0.0922. The number of fused-ring (bicyclic) bond motifs is 1. The highest BCUT2D eigenvalue weighted by Crippen LogP contribution is 2.26. The van der Waals surface area contributed by atoms with Crippen molar-refractivity contribution in [3.63, 3.8) is 0 Å². The molecule has 148 valence electrons. The molecule has 0 aliphatic heterocycles. The van der Waals surface area contributed by atoms with Crippen LogP contribution in [0.15, 0.2) is 48.8 Å². The number of carbonyl (C=O) groups excluding carboxylic acids is 1. The van der Waals surface area contributed by atoms with Gasteiger partial charge < -0.3 is 9.88 Å². The van der Waals surface area contributed by atoms with Gasteiger partial charge in [0.1, 0.15) is 12.2 Å². The monoisotopic (exact) mass is 409 g/mol. The Labute approximate surface area is 172 Å². The number of amides is 1. The number of benzene rings is 2. The Bertz CT molecular complexity index is 1170. The molecule has 1 N–H and O–H groups in total. The number of nitrogens with zero attached hydrogens (tertiary/aromatic N) is 6. The molecule has 0 bridgehead atoms. The highest BCUT2D eigenvalue weighted by Gasteiger charge is 2.25. The molecular formula is C20H20ClN7O. The maximum atomic E-state index is 13.2. The maximum absolute atomic E-state index is 13.2. The molecule has 0 saturated carbocycles. The van der Waals surface area contributed by atoms with Gasteiger partial charge in [0.2, 0.25) is 0 Å². The molecule has 2 aromatic heterocycles. The first-order valence-corrected chi connectivity index (χ1v) is 9.58. The molecule has 0 fully saturated rings. The lowest BCUT2D eigenvalue weighted by atomic mass is 10.0. The first-order chi connectivity index (χ1) is 14.0. The van der Waals surface area contributed by atoms with Crippen molar-refractivity contribution in [3.05, 3.63) is 65.2 Å². The van der Waals surface area contributed by atoms with Gasteiger partial charge >= 0.3 is 0 Å². The minimum absolute atomic E-state index is 0.123. The zero-order valence-electron chi connectivity index (χ0n) is 16.2. The van der Waals surface area contributed by atoms with Gasteiger partial charge in [-0.25, -0.2) is 4.98 Å². The van der Waals surface area contributed by atoms with E-state index in [1.807, 2.05) is 35.9 Å². The molecule has 4 rings (SSSR count). The zero-order valence-corrected chi connectivity index (χ0v) is 17.0. The first-order valence-electron chi connectivity index (χ1n) is 9.21. The van der Waals surface area contributed by atoms with E-state index in [-0.39, 0.29) is 17.9 Å². The molecule has 9 heteroatoms. The minimum atomic E-state index is -0.280. The summed E-state index contributed by atoms with van der Waals surface area (Å²) in [5.74, 6) is 0.670. The number of carbonyl (C=O) groups is 1. The normalized spacial score (nSPS) is 12.4. The summed E-state index contributed by atoms with van der Waals surface area (Å²) >= 11 is 6.13. The van der Waals surface area contributed by atoms with Crippen LogP contribution in [0.1, 0.15) is 36.1 Å². The molecule has 0 spiro atoms. The number of nitrogens with one attached hydrogen (secondary N) is 1. The number of hydrogen-bond donors (Lipinski definition) is 1. The molecule has 0 saturated heterocycles. The molecule has 0 radical (unpaired) electrons. The van der Waals surface area contributed by atoms with Gasteiger partial charge in [-0.3, -0.25) is 4.79 Å². The highest BCUT2D eigenvalue weighted by atomic mass is 35.5. The van der Waals surface area contributed by atoms with Gasteiger partial charge in [0, 0.05) is 12.1 Å². The Morgan fingerprint density at radius 2 is 1.97 bits per heavy atom. The second-order valence-corrected chi connectivity index (χ2v) is 7.57. The second kappa shape index (κ2) is 7.63. The number of tetrazole rings is 1. The molecule has 1 amide bonds. The predicted molar refractivity (Wildman–Crippen MR) is 110 cm³/mol. The third kappa shape index (κ3) is 3.58. The van der Waals surface area contributed by atoms with Crippen molar-refractivity contribution in [2.45, 2.75) is 19.9 Å². The fourth-order valence-electron chi connectivity index (χ4n) is 3.35. The van der Waals surface area contributed by atoms with Crippen molar-refractivity contribution in [2.24, 2.45) is 13.0 Å². The average Bonchev–Trinajstić information content (AvgIpc) is 3.34. The van der Waals surface area contributed by atoms with Crippen molar-refractivity contribution in [2.75, 3.05) is 0 Å². The quantitative estimate of drug-likeness (QED) is 0.546. The summed E-state index contributed by atoms with van der Waals surface area (Å²) in [6.07, 6.45) is 1.42. The topological polar surface area (TPSA) is 90.5 Å². The second-order valence-electron chi connectivity index (χ2n) is 7.13. The molecule has 2 aromatic carbocycles. The van der Waals surface area contributed by atoms with Gasteiger partial charge in [-0.1, -0.05) is 37.6 Å². The van der Waals surface area contributed by atoms with E-state index in [1.165, 1.54) is 11.0 Å². The van der Waals surface area contributed by atoms with Crippen LogP contribution in [0.2, 0.25) is 5.02 Å². The maximum Gasteiger partial charge on any atom is 0.254 e. The first kappa shape index (κ1) is 19.1. The lowest BCUT2D eigenvalue weighted by Gasteiger charge is -2.23. The van der Waals surface area contributed by atoms with Crippen molar-refractivity contribution in [3.8, 4) is 5.69 Å². The summed E-state index contributed by atoms with van der Waals surface area (Å²) in [5, 5.41) is 14.8. The molecule has 0 unspecified atom stereocenters. The molecule has 8 nitrogen and oxygen atoms in total. The average molecular weight is 410 g/mol. The molecular weight excluding hydrogens is 390 g/mol. The van der Waals surface area contributed by atoms with Crippen molar-refractivity contribution in [1.29, 1.82) is 0 Å². The van der Waals surface area contributed by atoms with Crippen LogP contribution < -0.4 is 5.32 Å². The van der Waals surface area contributed by atoms with Crippen molar-refractivity contribution < 1.29 is 4.79 Å². The van der Waals surface area contributed by atoms with Gasteiger partial charge in [0.05, 0.1) is 28.3 Å². The fourth-order valence-corrected chi connectivity index (χ4v) is 3.52. The Morgan fingerprint density at radius 3 is 2.66 bits per heavy atom. The Morgan fingerprint density at radius 1 is 1.17 bits per heavy atom. The van der Waals surface area contributed by atoms with E-state index in [1.54, 1.807) is 18.2 Å². The van der Waals surface area contributed by atoms with E-state index in [9.17, 15) is 4.79 Å². The molecule has 1 atom stereocenters. The van der Waals surface area contributed by atoms with Crippen LogP contribution in [0, 0.1) is 5.92 Å². The van der Waals surface area contributed by atoms with E-state index in [4.69, 9.17) is 16.6 Å². The number of aryl methyl sites for hydroxylation is 1. The van der Waals surface area contributed by atoms with E-state index in [2.05, 4.69) is 34.7 Å². The van der Waals surface area contributed by atoms with Gasteiger partial charge in [-0.15, -0.1) is 5.10 Å². The standard InChI is InChI=1S/C20H20ClN7O/c1-12(2)18(19-23-15-6-4-5-7-16(15)27(19)3)24-20(29)14-9-8-13(21)10-17(14)28-11-22-25-26-28/h4-12,18H,1-3H3,(H,24,29)/t18-/m0/s1. The van der Waals surface area contributed by atoms with Crippen LogP contribution in [0.4, 0.5) is 0 Å². The van der Waals surface area contributed by atoms with Crippen LogP contribution in [0.25, 0.3) is 16.7 Å². The molecule has 29 heavy (non-hydrogen) atoms. The summed E-state index contributed by atoms with van der Waals surface area (Å²) < 4.78 is 3.44. The Hall–Kier alpha value is -3.26. The van der Waals surface area contributed by atoms with Gasteiger partial charge in [-0.2, -0.15) is 4.68 Å². The largest absolute Gasteiger partial charge is 0.342 e. The summed E-state index contributed by atoms with van der Waals surface area (Å²) in [6, 6.07) is 12.6. The number of aromatic nitrogens is 6. The predicted octanol–water partition coefficient (Wildman–Crippen LogP) is 3.33. The third-order valence-electron chi connectivity index (χ3n) is 4.85. The van der Waals surface area contributed by atoms with Gasteiger partial charge in [0.15, 0.2) is 0 Å². The SMILES string of the molecule is CC(C)[C@H](NC(=O)c1ccc(Cl)cc1-n1cnnn1)c1nc2ccccc2n1C. The van der Waals surface area contributed by atoms with E-state index < -0.39 is 0 Å². The lowest BCUT2D eigenvalue weighted by Crippen LogP contribution is -2.34. The van der Waals surface area contributed by atoms with Crippen LogP contribution in [-0.2, 0) is 7.05 Å². The van der Waals surface area contributed by atoms with Crippen LogP contribution in [0.3, 0.4) is 0 Å². The molecule has 2 heterocycles. The molecule has 0 aliphatic rings. The zero-order chi connectivity index (χ0) is 20.5. The number of hydrogen-bond acceptors (Lipinski definition) is 5. The van der Waals surface area contributed by atoms with Crippen molar-refractivity contribution >= 4 is 28.5 Å².